The molecule has 1 amide bonds. The van der Waals surface area contributed by atoms with Crippen molar-refractivity contribution >= 4 is 5.91 Å². The van der Waals surface area contributed by atoms with Crippen LogP contribution in [0.15, 0.2) is 24.3 Å². The van der Waals surface area contributed by atoms with Gasteiger partial charge in [-0.25, -0.2) is 0 Å². The van der Waals surface area contributed by atoms with Crippen LogP contribution in [0.2, 0.25) is 0 Å². The van der Waals surface area contributed by atoms with Gasteiger partial charge in [0.05, 0.1) is 12.6 Å². The highest BCUT2D eigenvalue weighted by atomic mass is 16.5. The van der Waals surface area contributed by atoms with Gasteiger partial charge in [0.1, 0.15) is 5.75 Å². The fraction of sp³-hybridized carbons (Fsp3) is 0.562. The molecule has 0 spiro atoms. The molecule has 0 atom stereocenters. The van der Waals surface area contributed by atoms with Gasteiger partial charge >= 0.3 is 0 Å². The lowest BCUT2D eigenvalue weighted by Gasteiger charge is -2.31. The molecule has 0 radical (unpaired) electrons. The second kappa shape index (κ2) is 6.27. The third kappa shape index (κ3) is 3.51. The van der Waals surface area contributed by atoms with E-state index in [9.17, 15) is 4.79 Å². The fourth-order valence-electron chi connectivity index (χ4n) is 2.57. The average Bonchev–Trinajstić information content (AvgIpc) is 2.48. The Hall–Kier alpha value is -1.55. The van der Waals surface area contributed by atoms with E-state index in [0.29, 0.717) is 0 Å². The van der Waals surface area contributed by atoms with Gasteiger partial charge in [0.25, 0.3) is 0 Å². The van der Waals surface area contributed by atoms with Crippen LogP contribution in [0.25, 0.3) is 0 Å². The Morgan fingerprint density at radius 3 is 2.40 bits per heavy atom. The number of ether oxygens (including phenoxy) is 1. The number of amides is 1. The SMILES string of the molecule is COc1ccc(C(C)(C)NC(=O)C2CCNCC2)cc1. The van der Waals surface area contributed by atoms with Gasteiger partial charge in [-0.3, -0.25) is 4.79 Å². The van der Waals surface area contributed by atoms with Crippen LogP contribution in [0.1, 0.15) is 32.3 Å². The summed E-state index contributed by atoms with van der Waals surface area (Å²) in [5, 5.41) is 6.46. The van der Waals surface area contributed by atoms with Crippen molar-refractivity contribution in [3.05, 3.63) is 29.8 Å². The predicted molar refractivity (Wildman–Crippen MR) is 79.8 cm³/mol. The van der Waals surface area contributed by atoms with Crippen LogP contribution in [0.5, 0.6) is 5.75 Å². The van der Waals surface area contributed by atoms with E-state index in [1.165, 1.54) is 0 Å². The molecule has 1 fully saturated rings. The molecule has 20 heavy (non-hydrogen) atoms. The minimum atomic E-state index is -0.367. The quantitative estimate of drug-likeness (QED) is 0.885. The minimum Gasteiger partial charge on any atom is -0.497 e. The zero-order valence-electron chi connectivity index (χ0n) is 12.5. The van der Waals surface area contributed by atoms with Gasteiger partial charge in [0.15, 0.2) is 0 Å². The second-order valence-electron chi connectivity index (χ2n) is 5.87. The maximum absolute atomic E-state index is 12.3. The fourth-order valence-corrected chi connectivity index (χ4v) is 2.57. The zero-order valence-corrected chi connectivity index (χ0v) is 12.5. The molecule has 0 unspecified atom stereocenters. The van der Waals surface area contributed by atoms with E-state index in [1.807, 2.05) is 38.1 Å². The molecule has 2 rings (SSSR count). The number of benzene rings is 1. The van der Waals surface area contributed by atoms with Crippen molar-refractivity contribution in [3.63, 3.8) is 0 Å². The number of nitrogens with one attached hydrogen (secondary N) is 2. The summed E-state index contributed by atoms with van der Waals surface area (Å²) in [4.78, 5) is 12.3. The first-order chi connectivity index (χ1) is 9.53. The molecule has 0 saturated carbocycles. The Morgan fingerprint density at radius 2 is 1.85 bits per heavy atom. The minimum absolute atomic E-state index is 0.133. The lowest BCUT2D eigenvalue weighted by atomic mass is 9.91. The highest BCUT2D eigenvalue weighted by Crippen LogP contribution is 2.24. The number of piperidine rings is 1. The van der Waals surface area contributed by atoms with E-state index in [1.54, 1.807) is 7.11 Å². The lowest BCUT2D eigenvalue weighted by Crippen LogP contribution is -2.46. The van der Waals surface area contributed by atoms with Gasteiger partial charge < -0.3 is 15.4 Å². The molecule has 0 bridgehead atoms. The van der Waals surface area contributed by atoms with Crippen LogP contribution in [-0.4, -0.2) is 26.1 Å². The molecular weight excluding hydrogens is 252 g/mol. The molecule has 1 aromatic carbocycles. The summed E-state index contributed by atoms with van der Waals surface area (Å²) in [5.74, 6) is 1.12. The van der Waals surface area contributed by atoms with Crippen LogP contribution < -0.4 is 15.4 Å². The number of rotatable bonds is 4. The second-order valence-corrected chi connectivity index (χ2v) is 5.87. The lowest BCUT2D eigenvalue weighted by molar-refractivity contribution is -0.127. The number of carbonyl (C=O) groups excluding carboxylic acids is 1. The first kappa shape index (κ1) is 14.9. The maximum Gasteiger partial charge on any atom is 0.223 e. The van der Waals surface area contributed by atoms with Gasteiger partial charge in [0, 0.05) is 5.92 Å². The first-order valence-corrected chi connectivity index (χ1v) is 7.20. The third-order valence-electron chi connectivity index (χ3n) is 3.96. The summed E-state index contributed by atoms with van der Waals surface area (Å²) in [7, 11) is 1.65. The predicted octanol–water partition coefficient (Wildman–Crippen LogP) is 2.05. The summed E-state index contributed by atoms with van der Waals surface area (Å²) < 4.78 is 5.16. The van der Waals surface area contributed by atoms with Crippen molar-refractivity contribution in [2.24, 2.45) is 5.92 Å². The van der Waals surface area contributed by atoms with Crippen LogP contribution in [0, 0.1) is 5.92 Å². The molecule has 0 aliphatic carbocycles. The van der Waals surface area contributed by atoms with E-state index < -0.39 is 0 Å². The Labute approximate surface area is 120 Å². The van der Waals surface area contributed by atoms with E-state index >= 15 is 0 Å². The summed E-state index contributed by atoms with van der Waals surface area (Å²) >= 11 is 0. The number of hydrogen-bond acceptors (Lipinski definition) is 3. The van der Waals surface area contributed by atoms with E-state index in [2.05, 4.69) is 10.6 Å². The standard InChI is InChI=1S/C16H24N2O2/c1-16(2,13-4-6-14(20-3)7-5-13)18-15(19)12-8-10-17-11-9-12/h4-7,12,17H,8-11H2,1-3H3,(H,18,19). The molecular formula is C16H24N2O2. The van der Waals surface area contributed by atoms with Crippen molar-refractivity contribution in [2.75, 3.05) is 20.2 Å². The van der Waals surface area contributed by atoms with Crippen molar-refractivity contribution < 1.29 is 9.53 Å². The Bertz CT molecular complexity index is 448. The van der Waals surface area contributed by atoms with Gasteiger partial charge in [-0.15, -0.1) is 0 Å². The monoisotopic (exact) mass is 276 g/mol. The van der Waals surface area contributed by atoms with Crippen LogP contribution in [0.3, 0.4) is 0 Å². The normalized spacial score (nSPS) is 16.8. The molecule has 1 heterocycles. The average molecular weight is 276 g/mol. The molecule has 4 nitrogen and oxygen atoms in total. The largest absolute Gasteiger partial charge is 0.497 e. The summed E-state index contributed by atoms with van der Waals surface area (Å²) in [6.07, 6.45) is 1.84. The Morgan fingerprint density at radius 1 is 1.25 bits per heavy atom. The summed E-state index contributed by atoms with van der Waals surface area (Å²) in [6, 6.07) is 7.85. The smallest absolute Gasteiger partial charge is 0.223 e. The van der Waals surface area contributed by atoms with Gasteiger partial charge in [-0.05, 0) is 57.5 Å². The Balaban J connectivity index is 2.03. The molecule has 4 heteroatoms. The van der Waals surface area contributed by atoms with Gasteiger partial charge in [0.2, 0.25) is 5.91 Å². The van der Waals surface area contributed by atoms with Crippen LogP contribution in [0.4, 0.5) is 0 Å². The molecule has 1 aliphatic heterocycles. The molecule has 1 saturated heterocycles. The number of carbonyl (C=O) groups is 1. The number of hydrogen-bond donors (Lipinski definition) is 2. The van der Waals surface area contributed by atoms with Crippen molar-refractivity contribution in [3.8, 4) is 5.75 Å². The maximum atomic E-state index is 12.3. The van der Waals surface area contributed by atoms with Crippen molar-refractivity contribution in [1.82, 2.24) is 10.6 Å². The molecule has 1 aromatic rings. The summed E-state index contributed by atoms with van der Waals surface area (Å²) in [5.41, 5.74) is 0.717. The van der Waals surface area contributed by atoms with Gasteiger partial charge in [-0.2, -0.15) is 0 Å². The van der Waals surface area contributed by atoms with Crippen LogP contribution in [-0.2, 0) is 10.3 Å². The highest BCUT2D eigenvalue weighted by molar-refractivity contribution is 5.79. The zero-order chi connectivity index (χ0) is 14.6. The number of methoxy groups -OCH3 is 1. The van der Waals surface area contributed by atoms with E-state index in [0.717, 1.165) is 37.2 Å². The van der Waals surface area contributed by atoms with E-state index in [4.69, 9.17) is 4.74 Å². The first-order valence-electron chi connectivity index (χ1n) is 7.20. The molecule has 0 aromatic heterocycles. The Kier molecular flexibility index (Phi) is 4.65. The highest BCUT2D eigenvalue weighted by Gasteiger charge is 2.28. The summed E-state index contributed by atoms with van der Waals surface area (Å²) in [6.45, 7) is 5.93. The van der Waals surface area contributed by atoms with Crippen molar-refractivity contribution in [1.29, 1.82) is 0 Å². The third-order valence-corrected chi connectivity index (χ3v) is 3.96. The van der Waals surface area contributed by atoms with Gasteiger partial charge in [-0.1, -0.05) is 12.1 Å². The van der Waals surface area contributed by atoms with Crippen molar-refractivity contribution in [2.45, 2.75) is 32.2 Å². The molecule has 110 valence electrons. The van der Waals surface area contributed by atoms with Crippen LogP contribution >= 0.6 is 0 Å². The molecule has 2 N–H and O–H groups in total. The topological polar surface area (TPSA) is 50.4 Å². The van der Waals surface area contributed by atoms with E-state index in [-0.39, 0.29) is 17.4 Å². The molecule has 1 aliphatic rings.